The van der Waals surface area contributed by atoms with Crippen molar-refractivity contribution in [3.05, 3.63) is 127 Å². The second-order valence-corrected chi connectivity index (χ2v) is 17.1. The first-order valence-electron chi connectivity index (χ1n) is 11.2. The predicted molar refractivity (Wildman–Crippen MR) is 144 cm³/mol. The number of hydrogen-bond acceptors (Lipinski definition) is 1. The van der Waals surface area contributed by atoms with E-state index >= 15 is 0 Å². The number of hydrogen-bond donors (Lipinski definition) is 1. The van der Waals surface area contributed by atoms with Crippen LogP contribution in [0.2, 0.25) is 0 Å². The molecule has 0 saturated heterocycles. The van der Waals surface area contributed by atoms with Gasteiger partial charge in [-0.05, 0) is 0 Å². The first-order chi connectivity index (χ1) is 15.6. The molecule has 0 unspecified atom stereocenters. The van der Waals surface area contributed by atoms with Gasteiger partial charge in [0.25, 0.3) is 0 Å². The van der Waals surface area contributed by atoms with Gasteiger partial charge in [-0.25, -0.2) is 0 Å². The van der Waals surface area contributed by atoms with E-state index in [4.69, 9.17) is 0 Å². The predicted octanol–water partition coefficient (Wildman–Crippen LogP) is 6.73. The van der Waals surface area contributed by atoms with Gasteiger partial charge in [0.05, 0.1) is 0 Å². The van der Waals surface area contributed by atoms with Gasteiger partial charge in [-0.1, -0.05) is 0 Å². The Labute approximate surface area is 199 Å². The standard InChI is InChI=1S/C29H30BrOP/c1-2-15-28(29(31)24-16-7-3-8-17-24)32(30,25-18-9-4-10-19-25,26-20-11-5-12-21-26)27-22-13-6-14-23-27/h3-14,16-23,28-29,31H,2,15H2,1H3/t28-,29-/m1/s1. The minimum atomic E-state index is -3.28. The van der Waals surface area contributed by atoms with Crippen molar-refractivity contribution in [1.29, 1.82) is 0 Å². The molecule has 0 aliphatic rings. The number of aliphatic hydroxyl groups excluding tert-OH is 1. The van der Waals surface area contributed by atoms with Crippen LogP contribution in [0, 0.1) is 0 Å². The normalized spacial score (nSPS) is 14.8. The van der Waals surface area contributed by atoms with Gasteiger partial charge >= 0.3 is 200 Å². The second-order valence-electron chi connectivity index (χ2n) is 8.29. The monoisotopic (exact) mass is 504 g/mol. The summed E-state index contributed by atoms with van der Waals surface area (Å²) >= 11 is 4.55. The molecule has 3 heteroatoms. The molecule has 32 heavy (non-hydrogen) atoms. The molecule has 0 aromatic heterocycles. The summed E-state index contributed by atoms with van der Waals surface area (Å²) in [5.74, 6) is 0. The van der Waals surface area contributed by atoms with Gasteiger partial charge in [0.1, 0.15) is 0 Å². The molecule has 2 atom stereocenters. The molecule has 0 radical (unpaired) electrons. The first kappa shape index (κ1) is 22.9. The van der Waals surface area contributed by atoms with E-state index in [1.54, 1.807) is 0 Å². The zero-order chi connectivity index (χ0) is 22.5. The van der Waals surface area contributed by atoms with Gasteiger partial charge in [-0.3, -0.25) is 0 Å². The first-order valence-corrected chi connectivity index (χ1v) is 15.6. The quantitative estimate of drug-likeness (QED) is 0.264. The minimum absolute atomic E-state index is 0.0411. The fourth-order valence-electron chi connectivity index (χ4n) is 5.01. The average molecular weight is 505 g/mol. The van der Waals surface area contributed by atoms with E-state index in [0.29, 0.717) is 0 Å². The molecule has 1 nitrogen and oxygen atoms in total. The Morgan fingerprint density at radius 1 is 0.625 bits per heavy atom. The molecule has 4 rings (SSSR count). The third-order valence-electron chi connectivity index (χ3n) is 6.50. The van der Waals surface area contributed by atoms with E-state index in [9.17, 15) is 5.11 Å². The van der Waals surface area contributed by atoms with E-state index in [1.165, 1.54) is 15.9 Å². The second kappa shape index (κ2) is 9.71. The molecule has 0 saturated carbocycles. The van der Waals surface area contributed by atoms with Gasteiger partial charge in [-0.2, -0.15) is 0 Å². The van der Waals surface area contributed by atoms with Gasteiger partial charge in [0.15, 0.2) is 0 Å². The zero-order valence-corrected chi connectivity index (χ0v) is 20.9. The number of aliphatic hydroxyl groups is 1. The van der Waals surface area contributed by atoms with Crippen molar-refractivity contribution in [1.82, 2.24) is 0 Å². The fourth-order valence-corrected chi connectivity index (χ4v) is 14.2. The summed E-state index contributed by atoms with van der Waals surface area (Å²) < 4.78 is 0. The van der Waals surface area contributed by atoms with Gasteiger partial charge in [0, 0.05) is 0 Å². The van der Waals surface area contributed by atoms with E-state index < -0.39 is 11.4 Å². The van der Waals surface area contributed by atoms with E-state index in [2.05, 4.69) is 113 Å². The molecule has 4 aromatic carbocycles. The molecule has 0 fully saturated rings. The molecule has 0 bridgehead atoms. The fraction of sp³-hybridized carbons (Fsp3) is 0.172. The van der Waals surface area contributed by atoms with Crippen LogP contribution in [0.15, 0.2) is 121 Å². The van der Waals surface area contributed by atoms with Crippen LogP contribution in [-0.4, -0.2) is 10.8 Å². The third kappa shape index (κ3) is 3.75. The number of halogens is 1. The van der Waals surface area contributed by atoms with Crippen LogP contribution in [0.5, 0.6) is 0 Å². The van der Waals surface area contributed by atoms with Crippen molar-refractivity contribution >= 4 is 36.7 Å². The van der Waals surface area contributed by atoms with Gasteiger partial charge in [-0.15, -0.1) is 0 Å². The molecular weight excluding hydrogens is 475 g/mol. The Morgan fingerprint density at radius 3 is 1.31 bits per heavy atom. The van der Waals surface area contributed by atoms with E-state index in [0.717, 1.165) is 18.4 Å². The summed E-state index contributed by atoms with van der Waals surface area (Å²) in [6, 6.07) is 42.4. The van der Waals surface area contributed by atoms with E-state index in [1.807, 2.05) is 30.3 Å². The maximum atomic E-state index is 12.0. The Balaban J connectivity index is 2.13. The van der Waals surface area contributed by atoms with Crippen LogP contribution in [0.1, 0.15) is 31.4 Å². The van der Waals surface area contributed by atoms with Gasteiger partial charge < -0.3 is 0 Å². The molecule has 0 amide bonds. The SMILES string of the molecule is CCC[C@H]([C@H](O)c1ccccc1)P(Br)(c1ccccc1)(c1ccccc1)c1ccccc1. The Kier molecular flexibility index (Phi) is 6.96. The molecule has 1 N–H and O–H groups in total. The van der Waals surface area contributed by atoms with Crippen molar-refractivity contribution in [2.45, 2.75) is 31.5 Å². The average Bonchev–Trinajstić information content (AvgIpc) is 2.88. The molecule has 0 heterocycles. The van der Waals surface area contributed by atoms with Crippen molar-refractivity contribution in [2.75, 3.05) is 0 Å². The number of benzene rings is 4. The molecule has 0 spiro atoms. The van der Waals surface area contributed by atoms with Crippen LogP contribution in [0.4, 0.5) is 0 Å². The molecule has 0 aliphatic heterocycles. The van der Waals surface area contributed by atoms with Gasteiger partial charge in [0.2, 0.25) is 0 Å². The van der Waals surface area contributed by atoms with Crippen LogP contribution >= 0.6 is 20.8 Å². The summed E-state index contributed by atoms with van der Waals surface area (Å²) in [6.07, 6.45) is 1.25. The summed E-state index contributed by atoms with van der Waals surface area (Å²) in [6.45, 7) is 2.21. The Hall–Kier alpha value is -2.25. The van der Waals surface area contributed by atoms with Crippen molar-refractivity contribution < 1.29 is 5.11 Å². The topological polar surface area (TPSA) is 20.2 Å². The van der Waals surface area contributed by atoms with Crippen LogP contribution in [0.25, 0.3) is 0 Å². The van der Waals surface area contributed by atoms with Crippen LogP contribution < -0.4 is 15.9 Å². The van der Waals surface area contributed by atoms with E-state index in [-0.39, 0.29) is 5.66 Å². The van der Waals surface area contributed by atoms with Crippen LogP contribution in [0.3, 0.4) is 0 Å². The summed E-state index contributed by atoms with van der Waals surface area (Å²) in [5, 5.41) is 12.4. The Morgan fingerprint density at radius 2 is 0.969 bits per heavy atom. The molecule has 4 aromatic rings. The zero-order valence-electron chi connectivity index (χ0n) is 18.4. The molecule has 0 aliphatic carbocycles. The summed E-state index contributed by atoms with van der Waals surface area (Å²) in [5.41, 5.74) is 0.919. The number of rotatable bonds is 8. The summed E-state index contributed by atoms with van der Waals surface area (Å²) in [4.78, 5) is 0. The van der Waals surface area contributed by atoms with Crippen molar-refractivity contribution in [3.63, 3.8) is 0 Å². The third-order valence-corrected chi connectivity index (χ3v) is 17.5. The van der Waals surface area contributed by atoms with Crippen molar-refractivity contribution in [2.24, 2.45) is 0 Å². The summed E-state index contributed by atoms with van der Waals surface area (Å²) in [7, 11) is 0. The Bertz CT molecular complexity index is 1020. The van der Waals surface area contributed by atoms with Crippen molar-refractivity contribution in [3.8, 4) is 0 Å². The maximum absolute atomic E-state index is 12.0. The molecule has 164 valence electrons. The van der Waals surface area contributed by atoms with Crippen LogP contribution in [-0.2, 0) is 0 Å². The molecular formula is C29H30BrOP.